The van der Waals surface area contributed by atoms with Crippen molar-refractivity contribution in [1.82, 2.24) is 5.32 Å². The van der Waals surface area contributed by atoms with Crippen LogP contribution in [0.5, 0.6) is 5.75 Å². The third-order valence-corrected chi connectivity index (χ3v) is 3.63. The highest BCUT2D eigenvalue weighted by Gasteiger charge is 2.30. The molecule has 0 spiro atoms. The fourth-order valence-electron chi connectivity index (χ4n) is 1.42. The first-order valence-electron chi connectivity index (χ1n) is 5.32. The number of halogens is 2. The molecule has 1 rings (SSSR count). The second-order valence-corrected chi connectivity index (χ2v) is 5.62. The maximum atomic E-state index is 12.5. The normalized spacial score (nSPS) is 13.6. The van der Waals surface area contributed by atoms with Crippen LogP contribution in [0.3, 0.4) is 0 Å². The first kappa shape index (κ1) is 14.8. The smallest absolute Gasteiger partial charge is 0.341 e. The Hall–Kier alpha value is -1.21. The first-order chi connectivity index (χ1) is 8.39. The van der Waals surface area contributed by atoms with E-state index in [1.165, 1.54) is 18.2 Å². The minimum Gasteiger partial charge on any atom is -0.488 e. The number of likely N-dealkylation sites (N-methyl/N-ethyl adjacent to an activating group) is 1. The highest BCUT2D eigenvalue weighted by molar-refractivity contribution is 7.91. The minimum atomic E-state index is -4.65. The van der Waals surface area contributed by atoms with E-state index in [1.807, 2.05) is 0 Å². The van der Waals surface area contributed by atoms with E-state index in [0.717, 1.165) is 6.07 Å². The summed E-state index contributed by atoms with van der Waals surface area (Å²) in [5.74, 6) is -3.51. The molecule has 18 heavy (non-hydrogen) atoms. The number of nitrogens with one attached hydrogen (secondary N) is 1. The lowest BCUT2D eigenvalue weighted by molar-refractivity contribution is 0.211. The number of hydrogen-bond acceptors (Lipinski definition) is 4. The largest absolute Gasteiger partial charge is 0.488 e. The third kappa shape index (κ3) is 3.39. The highest BCUT2D eigenvalue weighted by atomic mass is 32.2. The third-order valence-electron chi connectivity index (χ3n) is 2.21. The van der Waals surface area contributed by atoms with Gasteiger partial charge in [0.2, 0.25) is 9.84 Å². The number of rotatable bonds is 6. The Bertz CT molecular complexity index is 491. The number of alkyl halides is 2. The molecule has 0 saturated heterocycles. The molecule has 7 heteroatoms. The molecular weight excluding hydrogens is 264 g/mol. The van der Waals surface area contributed by atoms with Crippen molar-refractivity contribution in [3.05, 3.63) is 24.3 Å². The summed E-state index contributed by atoms with van der Waals surface area (Å²) in [6.07, 6.45) is -0.330. The summed E-state index contributed by atoms with van der Waals surface area (Å²) < 4.78 is 53.3. The Balaban J connectivity index is 3.08. The van der Waals surface area contributed by atoms with Crippen LogP contribution in [0.1, 0.15) is 6.92 Å². The van der Waals surface area contributed by atoms with Crippen molar-refractivity contribution >= 4 is 9.84 Å². The molecule has 0 bridgehead atoms. The Morgan fingerprint density at radius 2 is 1.94 bits per heavy atom. The van der Waals surface area contributed by atoms with Gasteiger partial charge in [0.1, 0.15) is 16.7 Å². The summed E-state index contributed by atoms with van der Waals surface area (Å²) in [7, 11) is -2.94. The van der Waals surface area contributed by atoms with Gasteiger partial charge in [0.15, 0.2) is 0 Å². The van der Waals surface area contributed by atoms with Gasteiger partial charge in [-0.3, -0.25) is 0 Å². The minimum absolute atomic E-state index is 0.0550. The number of para-hydroxylation sites is 1. The quantitative estimate of drug-likeness (QED) is 0.860. The molecule has 0 amide bonds. The van der Waals surface area contributed by atoms with Gasteiger partial charge in [-0.05, 0) is 26.1 Å². The lowest BCUT2D eigenvalue weighted by Gasteiger charge is -2.16. The lowest BCUT2D eigenvalue weighted by atomic mass is 10.3. The van der Waals surface area contributed by atoms with E-state index in [4.69, 9.17) is 4.74 Å². The number of benzene rings is 1. The van der Waals surface area contributed by atoms with Crippen LogP contribution in [-0.4, -0.2) is 33.9 Å². The van der Waals surface area contributed by atoms with Gasteiger partial charge in [-0.15, -0.1) is 0 Å². The van der Waals surface area contributed by atoms with Crippen molar-refractivity contribution in [1.29, 1.82) is 0 Å². The van der Waals surface area contributed by atoms with Gasteiger partial charge in [0.25, 0.3) is 0 Å². The molecular formula is C11H15F2NO3S. The van der Waals surface area contributed by atoms with Gasteiger partial charge >= 0.3 is 5.76 Å². The van der Waals surface area contributed by atoms with E-state index in [2.05, 4.69) is 5.32 Å². The maximum Gasteiger partial charge on any atom is 0.341 e. The predicted molar refractivity (Wildman–Crippen MR) is 63.6 cm³/mol. The van der Waals surface area contributed by atoms with Crippen molar-refractivity contribution in [2.45, 2.75) is 23.7 Å². The molecule has 1 aromatic carbocycles. The van der Waals surface area contributed by atoms with Crippen LogP contribution in [0, 0.1) is 0 Å². The van der Waals surface area contributed by atoms with Crippen molar-refractivity contribution < 1.29 is 21.9 Å². The first-order valence-corrected chi connectivity index (χ1v) is 6.86. The SMILES string of the molecule is CNCC(C)Oc1ccccc1S(=O)(=O)C(F)F. The molecule has 1 aromatic rings. The van der Waals surface area contributed by atoms with Gasteiger partial charge in [-0.2, -0.15) is 8.78 Å². The van der Waals surface area contributed by atoms with Crippen molar-refractivity contribution in [2.24, 2.45) is 0 Å². The Labute approximate surface area is 105 Å². The summed E-state index contributed by atoms with van der Waals surface area (Å²) >= 11 is 0. The van der Waals surface area contributed by atoms with Gasteiger partial charge in [0.05, 0.1) is 0 Å². The zero-order valence-electron chi connectivity index (χ0n) is 10.1. The number of sulfone groups is 1. The zero-order valence-corrected chi connectivity index (χ0v) is 10.9. The Morgan fingerprint density at radius 3 is 2.50 bits per heavy atom. The number of hydrogen-bond donors (Lipinski definition) is 1. The molecule has 1 N–H and O–H groups in total. The predicted octanol–water partition coefficient (Wildman–Crippen LogP) is 1.67. The van der Waals surface area contributed by atoms with E-state index in [9.17, 15) is 17.2 Å². The second kappa shape index (κ2) is 6.10. The second-order valence-electron chi connectivity index (χ2n) is 3.74. The summed E-state index contributed by atoms with van der Waals surface area (Å²) in [5, 5.41) is 2.85. The molecule has 102 valence electrons. The van der Waals surface area contributed by atoms with Crippen molar-refractivity contribution in [3.63, 3.8) is 0 Å². The molecule has 0 aromatic heterocycles. The molecule has 4 nitrogen and oxygen atoms in total. The van der Waals surface area contributed by atoms with Crippen LogP contribution in [0.15, 0.2) is 29.2 Å². The van der Waals surface area contributed by atoms with E-state index in [-0.39, 0.29) is 11.9 Å². The lowest BCUT2D eigenvalue weighted by Crippen LogP contribution is -2.27. The molecule has 0 radical (unpaired) electrons. The summed E-state index contributed by atoms with van der Waals surface area (Å²) in [6, 6.07) is 5.39. The summed E-state index contributed by atoms with van der Waals surface area (Å²) in [6.45, 7) is 2.19. The fraction of sp³-hybridized carbons (Fsp3) is 0.455. The van der Waals surface area contributed by atoms with Crippen molar-refractivity contribution in [2.75, 3.05) is 13.6 Å². The topological polar surface area (TPSA) is 55.4 Å². The van der Waals surface area contributed by atoms with Crippen molar-refractivity contribution in [3.8, 4) is 5.75 Å². The van der Waals surface area contributed by atoms with Gasteiger partial charge in [-0.1, -0.05) is 12.1 Å². The van der Waals surface area contributed by atoms with Crippen LogP contribution >= 0.6 is 0 Å². The number of ether oxygens (including phenoxy) is 1. The van der Waals surface area contributed by atoms with Crippen LogP contribution in [0.25, 0.3) is 0 Å². The molecule has 1 unspecified atom stereocenters. The van der Waals surface area contributed by atoms with Crippen LogP contribution in [0.4, 0.5) is 8.78 Å². The van der Waals surface area contributed by atoms with E-state index in [0.29, 0.717) is 6.54 Å². The molecule has 1 atom stereocenters. The average molecular weight is 279 g/mol. The van der Waals surface area contributed by atoms with Gasteiger partial charge in [-0.25, -0.2) is 8.42 Å². The maximum absolute atomic E-state index is 12.5. The van der Waals surface area contributed by atoms with E-state index in [1.54, 1.807) is 14.0 Å². The van der Waals surface area contributed by atoms with E-state index < -0.39 is 20.5 Å². The highest BCUT2D eigenvalue weighted by Crippen LogP contribution is 2.28. The Kier molecular flexibility index (Phi) is 5.03. The van der Waals surface area contributed by atoms with Crippen LogP contribution < -0.4 is 10.1 Å². The molecule has 0 aliphatic carbocycles. The van der Waals surface area contributed by atoms with Crippen LogP contribution in [0.2, 0.25) is 0 Å². The molecule has 0 aliphatic rings. The standard InChI is InChI=1S/C11H15F2NO3S/c1-8(7-14-2)17-9-5-3-4-6-10(9)18(15,16)11(12)13/h3-6,8,11,14H,7H2,1-2H3. The summed E-state index contributed by atoms with van der Waals surface area (Å²) in [5.41, 5.74) is 0. The molecule has 0 fully saturated rings. The molecule has 0 aliphatic heterocycles. The van der Waals surface area contributed by atoms with E-state index >= 15 is 0 Å². The van der Waals surface area contributed by atoms with Gasteiger partial charge < -0.3 is 10.1 Å². The van der Waals surface area contributed by atoms with Crippen LogP contribution in [-0.2, 0) is 9.84 Å². The summed E-state index contributed by atoms with van der Waals surface area (Å²) in [4.78, 5) is -0.483. The Morgan fingerprint density at radius 1 is 1.33 bits per heavy atom. The monoisotopic (exact) mass is 279 g/mol. The fourth-order valence-corrected chi connectivity index (χ4v) is 2.28. The zero-order chi connectivity index (χ0) is 13.8. The van der Waals surface area contributed by atoms with Gasteiger partial charge in [0, 0.05) is 6.54 Å². The molecule has 0 saturated carbocycles. The average Bonchev–Trinajstić information content (AvgIpc) is 2.29. The molecule has 0 heterocycles.